The second kappa shape index (κ2) is 15.3. The lowest BCUT2D eigenvalue weighted by molar-refractivity contribution is -0.114. The lowest BCUT2D eigenvalue weighted by Crippen LogP contribution is -2.30. The summed E-state index contributed by atoms with van der Waals surface area (Å²) in [5.74, 6) is -1.02. The molecular formula is C37H26Cl2N4O3S2. The van der Waals surface area contributed by atoms with Crippen molar-refractivity contribution in [2.24, 2.45) is 0 Å². The van der Waals surface area contributed by atoms with Crippen LogP contribution in [0, 0.1) is 0 Å². The van der Waals surface area contributed by atoms with Gasteiger partial charge in [0.2, 0.25) is 5.91 Å². The van der Waals surface area contributed by atoms with Crippen LogP contribution in [0.4, 0.5) is 10.8 Å². The Morgan fingerprint density at radius 3 is 2.42 bits per heavy atom. The Balaban J connectivity index is 1.14. The van der Waals surface area contributed by atoms with E-state index in [0.717, 1.165) is 26.8 Å². The number of aromatic nitrogens is 1. The number of nitrogens with one attached hydrogen (secondary N) is 3. The van der Waals surface area contributed by atoms with Crippen molar-refractivity contribution >= 4 is 91.7 Å². The van der Waals surface area contributed by atoms with Gasteiger partial charge in [-0.15, -0.1) is 23.1 Å². The van der Waals surface area contributed by atoms with Crippen molar-refractivity contribution < 1.29 is 14.4 Å². The van der Waals surface area contributed by atoms with Crippen molar-refractivity contribution in [3.63, 3.8) is 0 Å². The molecule has 6 aromatic rings. The summed E-state index contributed by atoms with van der Waals surface area (Å²) >= 11 is 14.9. The van der Waals surface area contributed by atoms with Crippen LogP contribution in [0.3, 0.4) is 0 Å². The Kier molecular flexibility index (Phi) is 10.5. The summed E-state index contributed by atoms with van der Waals surface area (Å²) in [7, 11) is 0. The lowest BCUT2D eigenvalue weighted by atomic mass is 10.0. The van der Waals surface area contributed by atoms with Crippen LogP contribution in [-0.2, 0) is 9.59 Å². The first-order valence-electron chi connectivity index (χ1n) is 14.6. The summed E-state index contributed by atoms with van der Waals surface area (Å²) in [5, 5.41) is 13.7. The van der Waals surface area contributed by atoms with E-state index in [1.165, 1.54) is 23.1 Å². The van der Waals surface area contributed by atoms with E-state index in [2.05, 4.69) is 20.9 Å². The van der Waals surface area contributed by atoms with Crippen molar-refractivity contribution in [3.8, 4) is 11.3 Å². The van der Waals surface area contributed by atoms with Crippen LogP contribution in [0.15, 0.2) is 131 Å². The highest BCUT2D eigenvalue weighted by atomic mass is 35.5. The van der Waals surface area contributed by atoms with Crippen LogP contribution in [0.2, 0.25) is 10.0 Å². The van der Waals surface area contributed by atoms with Crippen LogP contribution >= 0.6 is 46.3 Å². The molecule has 48 heavy (non-hydrogen) atoms. The Morgan fingerprint density at radius 2 is 1.58 bits per heavy atom. The molecule has 1 aromatic heterocycles. The highest BCUT2D eigenvalue weighted by Gasteiger charge is 2.17. The van der Waals surface area contributed by atoms with E-state index < -0.39 is 11.8 Å². The molecule has 0 aliphatic rings. The number of rotatable bonds is 10. The Morgan fingerprint density at radius 1 is 0.812 bits per heavy atom. The predicted molar refractivity (Wildman–Crippen MR) is 198 cm³/mol. The molecule has 5 aromatic carbocycles. The fourth-order valence-electron chi connectivity index (χ4n) is 4.79. The molecule has 6 rings (SSSR count). The topological polar surface area (TPSA) is 100 Å². The highest BCUT2D eigenvalue weighted by Crippen LogP contribution is 2.32. The number of fused-ring (bicyclic) bond motifs is 1. The summed E-state index contributed by atoms with van der Waals surface area (Å²) in [4.78, 5) is 44.8. The molecule has 3 N–H and O–H groups in total. The van der Waals surface area contributed by atoms with Gasteiger partial charge in [0.25, 0.3) is 11.8 Å². The Bertz CT molecular complexity index is 2160. The van der Waals surface area contributed by atoms with Gasteiger partial charge in [0, 0.05) is 32.1 Å². The van der Waals surface area contributed by atoms with E-state index in [4.69, 9.17) is 23.2 Å². The summed E-state index contributed by atoms with van der Waals surface area (Å²) in [6.45, 7) is 0. The monoisotopic (exact) mass is 708 g/mol. The van der Waals surface area contributed by atoms with Crippen molar-refractivity contribution in [2.45, 2.75) is 4.90 Å². The smallest absolute Gasteiger partial charge is 0.272 e. The minimum Gasteiger partial charge on any atom is -0.321 e. The SMILES string of the molecule is O=C(CSc1cccc(NC(=O)/C(=C\c2cccc3ccccc23)NC(=O)c2ccccc2)c1)Nc1nc(-c2ccc(Cl)cc2Cl)cs1. The molecule has 7 nitrogen and oxygen atoms in total. The number of halogens is 2. The van der Waals surface area contributed by atoms with Crippen molar-refractivity contribution in [3.05, 3.63) is 148 Å². The number of anilines is 2. The lowest BCUT2D eigenvalue weighted by Gasteiger charge is -2.13. The predicted octanol–water partition coefficient (Wildman–Crippen LogP) is 9.41. The summed E-state index contributed by atoms with van der Waals surface area (Å²) in [5.41, 5.74) is 3.16. The van der Waals surface area contributed by atoms with Crippen molar-refractivity contribution in [2.75, 3.05) is 16.4 Å². The first-order chi connectivity index (χ1) is 23.3. The molecule has 0 radical (unpaired) electrons. The first-order valence-corrected chi connectivity index (χ1v) is 17.3. The zero-order valence-electron chi connectivity index (χ0n) is 25.1. The van der Waals surface area contributed by atoms with Gasteiger partial charge in [-0.3, -0.25) is 14.4 Å². The van der Waals surface area contributed by atoms with E-state index in [9.17, 15) is 14.4 Å². The maximum atomic E-state index is 13.7. The second-order valence-electron chi connectivity index (χ2n) is 10.4. The molecule has 238 valence electrons. The third-order valence-corrected chi connectivity index (χ3v) is 9.37. The fourth-order valence-corrected chi connectivity index (χ4v) is 6.78. The first kappa shape index (κ1) is 33.0. The number of amides is 3. The number of carbonyl (C=O) groups is 3. The number of hydrogen-bond acceptors (Lipinski definition) is 6. The quantitative estimate of drug-likeness (QED) is 0.0973. The van der Waals surface area contributed by atoms with Gasteiger partial charge in [0.1, 0.15) is 5.70 Å². The van der Waals surface area contributed by atoms with E-state index in [0.29, 0.717) is 32.1 Å². The maximum Gasteiger partial charge on any atom is 0.272 e. The number of carbonyl (C=O) groups excluding carboxylic acids is 3. The van der Waals surface area contributed by atoms with E-state index in [-0.39, 0.29) is 17.4 Å². The Hall–Kier alpha value is -4.93. The van der Waals surface area contributed by atoms with E-state index in [1.54, 1.807) is 66.7 Å². The second-order valence-corrected chi connectivity index (χ2v) is 13.2. The fraction of sp³-hybridized carbons (Fsp3) is 0.0270. The molecule has 0 atom stereocenters. The molecule has 0 saturated carbocycles. The summed E-state index contributed by atoms with van der Waals surface area (Å²) < 4.78 is 0. The molecule has 11 heteroatoms. The molecule has 0 aliphatic carbocycles. The highest BCUT2D eigenvalue weighted by molar-refractivity contribution is 8.00. The number of thioether (sulfide) groups is 1. The number of nitrogens with zero attached hydrogens (tertiary/aromatic N) is 1. The van der Waals surface area contributed by atoms with Gasteiger partial charge in [-0.2, -0.15) is 0 Å². The van der Waals surface area contributed by atoms with Gasteiger partial charge in [-0.25, -0.2) is 4.98 Å². The van der Waals surface area contributed by atoms with Gasteiger partial charge in [0.05, 0.1) is 16.5 Å². The molecule has 0 bridgehead atoms. The molecule has 0 unspecified atom stereocenters. The number of benzene rings is 5. The van der Waals surface area contributed by atoms with Crippen LogP contribution in [-0.4, -0.2) is 28.5 Å². The van der Waals surface area contributed by atoms with Gasteiger partial charge >= 0.3 is 0 Å². The number of thiazole rings is 1. The average Bonchev–Trinajstić information content (AvgIpc) is 3.55. The standard InChI is InChI=1S/C37H26Cl2N4O3S2/c38-26-16-17-30(31(39)19-26)33-21-48-37(42-33)43-34(44)22-47-28-14-7-13-27(20-28)40-36(46)32(41-35(45)24-9-2-1-3-10-24)18-25-12-6-11-23-8-4-5-15-29(23)25/h1-21H,22H2,(H,40,46)(H,41,45)(H,42,43,44)/b32-18+. The van der Waals surface area contributed by atoms with E-state index >= 15 is 0 Å². The van der Waals surface area contributed by atoms with E-state index in [1.807, 2.05) is 60.0 Å². The molecular weight excluding hydrogens is 683 g/mol. The van der Waals surface area contributed by atoms with Crippen LogP contribution in [0.25, 0.3) is 28.1 Å². The minimum absolute atomic E-state index is 0.0837. The average molecular weight is 710 g/mol. The summed E-state index contributed by atoms with van der Waals surface area (Å²) in [6.07, 6.45) is 1.67. The van der Waals surface area contributed by atoms with Gasteiger partial charge in [0.15, 0.2) is 5.13 Å². The molecule has 0 fully saturated rings. The zero-order chi connectivity index (χ0) is 33.5. The largest absolute Gasteiger partial charge is 0.321 e. The van der Waals surface area contributed by atoms with Crippen molar-refractivity contribution in [1.29, 1.82) is 0 Å². The van der Waals surface area contributed by atoms with Crippen LogP contribution < -0.4 is 16.0 Å². The zero-order valence-corrected chi connectivity index (χ0v) is 28.2. The Labute approximate surface area is 295 Å². The molecule has 0 spiro atoms. The molecule has 0 aliphatic heterocycles. The van der Waals surface area contributed by atoms with Gasteiger partial charge in [-0.1, -0.05) is 89.9 Å². The molecule has 0 saturated heterocycles. The number of hydrogen-bond donors (Lipinski definition) is 3. The third kappa shape index (κ3) is 8.31. The normalized spacial score (nSPS) is 11.2. The molecule has 1 heterocycles. The summed E-state index contributed by atoms with van der Waals surface area (Å²) in [6, 6.07) is 34.6. The maximum absolute atomic E-state index is 13.7. The van der Waals surface area contributed by atoms with Gasteiger partial charge < -0.3 is 16.0 Å². The van der Waals surface area contributed by atoms with Crippen LogP contribution in [0.5, 0.6) is 0 Å². The minimum atomic E-state index is -0.493. The van der Waals surface area contributed by atoms with Crippen molar-refractivity contribution in [1.82, 2.24) is 10.3 Å². The third-order valence-electron chi connectivity index (χ3n) is 7.07. The van der Waals surface area contributed by atoms with Gasteiger partial charge in [-0.05, 0) is 70.9 Å². The molecule has 3 amide bonds. The van der Waals surface area contributed by atoms with Crippen LogP contribution in [0.1, 0.15) is 15.9 Å².